The number of hydrogen-bond donors (Lipinski definition) is 1. The molecular formula is C11H9NO5S. The van der Waals surface area contributed by atoms with Crippen molar-refractivity contribution < 1.29 is 19.2 Å². The fourth-order valence-electron chi connectivity index (χ4n) is 1.68. The summed E-state index contributed by atoms with van der Waals surface area (Å²) in [6, 6.07) is 6.03. The molecule has 0 radical (unpaired) electrons. The van der Waals surface area contributed by atoms with Crippen molar-refractivity contribution in [2.75, 3.05) is 6.26 Å². The minimum atomic E-state index is -1.04. The molecule has 1 aromatic heterocycles. The fourth-order valence-corrected chi connectivity index (χ4v) is 2.23. The molecule has 0 aliphatic rings. The van der Waals surface area contributed by atoms with E-state index in [0.717, 1.165) is 11.8 Å². The molecule has 1 N–H and O–H groups in total. The third-order valence-electron chi connectivity index (χ3n) is 2.46. The minimum absolute atomic E-state index is 0.109. The number of thioether (sulfide) groups is 1. The van der Waals surface area contributed by atoms with E-state index in [1.54, 1.807) is 12.3 Å². The summed E-state index contributed by atoms with van der Waals surface area (Å²) < 4.78 is 5.33. The first-order valence-corrected chi connectivity index (χ1v) is 6.26. The number of nitro benzene ring substituents is 1. The number of nitrogens with zero attached hydrogens (tertiary/aromatic N) is 1. The van der Waals surface area contributed by atoms with Crippen LogP contribution in [-0.4, -0.2) is 22.3 Å². The van der Waals surface area contributed by atoms with Crippen molar-refractivity contribution >= 4 is 34.4 Å². The third-order valence-corrected chi connectivity index (χ3v) is 3.36. The third kappa shape index (κ3) is 2.04. The van der Waals surface area contributed by atoms with Gasteiger partial charge in [-0.15, -0.1) is 11.8 Å². The predicted molar refractivity (Wildman–Crippen MR) is 66.8 cm³/mol. The minimum Gasteiger partial charge on any atom is -0.480 e. The second-order valence-electron chi connectivity index (χ2n) is 3.56. The van der Waals surface area contributed by atoms with Gasteiger partial charge in [-0.05, 0) is 12.3 Å². The SMILES string of the molecule is CSC(C(=O)O)c1cc2cccc([N+](=O)[O-])c2o1. The first-order chi connectivity index (χ1) is 8.54. The van der Waals surface area contributed by atoms with Crippen LogP contribution >= 0.6 is 11.8 Å². The first kappa shape index (κ1) is 12.4. The molecule has 7 heteroatoms. The maximum absolute atomic E-state index is 11.0. The highest BCUT2D eigenvalue weighted by atomic mass is 32.2. The quantitative estimate of drug-likeness (QED) is 0.676. The highest BCUT2D eigenvalue weighted by Gasteiger charge is 2.25. The van der Waals surface area contributed by atoms with Gasteiger partial charge in [0.1, 0.15) is 5.76 Å². The number of carbonyl (C=O) groups is 1. The molecule has 94 valence electrons. The highest BCUT2D eigenvalue weighted by molar-refractivity contribution is 7.99. The zero-order valence-electron chi connectivity index (χ0n) is 9.32. The van der Waals surface area contributed by atoms with Gasteiger partial charge in [-0.2, -0.15) is 0 Å². The number of para-hydroxylation sites is 1. The first-order valence-electron chi connectivity index (χ1n) is 4.97. The van der Waals surface area contributed by atoms with Crippen molar-refractivity contribution in [3.05, 3.63) is 40.1 Å². The number of hydrogen-bond acceptors (Lipinski definition) is 5. The zero-order chi connectivity index (χ0) is 13.3. The number of carboxylic acid groups (broad SMARTS) is 1. The van der Waals surface area contributed by atoms with Crippen LogP contribution in [-0.2, 0) is 4.79 Å². The average molecular weight is 267 g/mol. The molecular weight excluding hydrogens is 258 g/mol. The average Bonchev–Trinajstić information content (AvgIpc) is 2.71. The largest absolute Gasteiger partial charge is 0.480 e. The summed E-state index contributed by atoms with van der Waals surface area (Å²) in [6.45, 7) is 0. The van der Waals surface area contributed by atoms with Crippen molar-refractivity contribution in [2.45, 2.75) is 5.25 Å². The van der Waals surface area contributed by atoms with E-state index in [2.05, 4.69) is 0 Å². The molecule has 0 spiro atoms. The summed E-state index contributed by atoms with van der Waals surface area (Å²) in [5.74, 6) is -0.830. The van der Waals surface area contributed by atoms with E-state index >= 15 is 0 Å². The lowest BCUT2D eigenvalue weighted by Gasteiger charge is -2.04. The van der Waals surface area contributed by atoms with Crippen molar-refractivity contribution in [1.82, 2.24) is 0 Å². The Hall–Kier alpha value is -2.02. The molecule has 0 saturated carbocycles. The molecule has 1 heterocycles. The normalized spacial score (nSPS) is 12.5. The van der Waals surface area contributed by atoms with Gasteiger partial charge in [-0.3, -0.25) is 14.9 Å². The maximum atomic E-state index is 11.0. The van der Waals surface area contributed by atoms with Gasteiger partial charge in [0.15, 0.2) is 5.25 Å². The molecule has 1 aromatic carbocycles. The number of fused-ring (bicyclic) bond motifs is 1. The van der Waals surface area contributed by atoms with Crippen molar-refractivity contribution in [3.63, 3.8) is 0 Å². The molecule has 18 heavy (non-hydrogen) atoms. The summed E-state index contributed by atoms with van der Waals surface area (Å²) in [5, 5.41) is 19.5. The number of furan rings is 1. The van der Waals surface area contributed by atoms with E-state index in [1.165, 1.54) is 18.2 Å². The van der Waals surface area contributed by atoms with E-state index in [1.807, 2.05) is 0 Å². The molecule has 6 nitrogen and oxygen atoms in total. The molecule has 0 fully saturated rings. The number of non-ortho nitro benzene ring substituents is 1. The van der Waals surface area contributed by atoms with Crippen LogP contribution in [0.1, 0.15) is 11.0 Å². The molecule has 0 bridgehead atoms. The summed E-state index contributed by atoms with van der Waals surface area (Å²) in [5.41, 5.74) is -0.0539. The summed E-state index contributed by atoms with van der Waals surface area (Å²) in [6.07, 6.45) is 1.64. The lowest BCUT2D eigenvalue weighted by molar-refractivity contribution is -0.383. The lowest BCUT2D eigenvalue weighted by Crippen LogP contribution is -2.06. The Labute approximate surface area is 106 Å². The second kappa shape index (κ2) is 4.69. The van der Waals surface area contributed by atoms with E-state index in [0.29, 0.717) is 5.39 Å². The van der Waals surface area contributed by atoms with Crippen molar-refractivity contribution in [3.8, 4) is 0 Å². The monoisotopic (exact) mass is 267 g/mol. The van der Waals surface area contributed by atoms with Crippen LogP contribution in [0.25, 0.3) is 11.0 Å². The topological polar surface area (TPSA) is 93.6 Å². The van der Waals surface area contributed by atoms with Crippen molar-refractivity contribution in [2.24, 2.45) is 0 Å². The molecule has 1 unspecified atom stereocenters. The standard InChI is InChI=1S/C11H9NO5S/c1-18-10(11(13)14)8-5-6-3-2-4-7(12(15)16)9(6)17-8/h2-5,10H,1H3,(H,13,14). The van der Waals surface area contributed by atoms with E-state index in [9.17, 15) is 14.9 Å². The van der Waals surface area contributed by atoms with Gasteiger partial charge >= 0.3 is 11.7 Å². The van der Waals surface area contributed by atoms with Crippen LogP contribution in [0.15, 0.2) is 28.7 Å². The van der Waals surface area contributed by atoms with Crippen LogP contribution < -0.4 is 0 Å². The van der Waals surface area contributed by atoms with Crippen molar-refractivity contribution in [1.29, 1.82) is 0 Å². The maximum Gasteiger partial charge on any atom is 0.324 e. The summed E-state index contributed by atoms with van der Waals surface area (Å²) >= 11 is 1.10. The fraction of sp³-hybridized carbons (Fsp3) is 0.182. The van der Waals surface area contributed by atoms with E-state index in [4.69, 9.17) is 9.52 Å². The van der Waals surface area contributed by atoms with Gasteiger partial charge < -0.3 is 9.52 Å². The molecule has 0 saturated heterocycles. The summed E-state index contributed by atoms with van der Waals surface area (Å²) in [7, 11) is 0. The Balaban J connectivity index is 2.60. The highest BCUT2D eigenvalue weighted by Crippen LogP contribution is 2.35. The van der Waals surface area contributed by atoms with Crippen LogP contribution in [0.3, 0.4) is 0 Å². The number of aliphatic carboxylic acids is 1. The lowest BCUT2D eigenvalue weighted by atomic mass is 10.2. The Morgan fingerprint density at radius 2 is 2.28 bits per heavy atom. The number of nitro groups is 1. The number of rotatable bonds is 4. The Bertz CT molecular complexity index is 621. The molecule has 0 aliphatic carbocycles. The van der Waals surface area contributed by atoms with Gasteiger partial charge in [0.25, 0.3) is 0 Å². The Kier molecular flexibility index (Phi) is 3.24. The zero-order valence-corrected chi connectivity index (χ0v) is 10.1. The van der Waals surface area contributed by atoms with Crippen LogP contribution in [0.2, 0.25) is 0 Å². The Morgan fingerprint density at radius 1 is 1.56 bits per heavy atom. The number of carboxylic acids is 1. The number of benzene rings is 1. The van der Waals surface area contributed by atoms with Crippen LogP contribution in [0, 0.1) is 10.1 Å². The second-order valence-corrected chi connectivity index (χ2v) is 4.50. The molecule has 0 aliphatic heterocycles. The van der Waals surface area contributed by atoms with E-state index < -0.39 is 16.1 Å². The van der Waals surface area contributed by atoms with Crippen LogP contribution in [0.4, 0.5) is 5.69 Å². The van der Waals surface area contributed by atoms with Gasteiger partial charge in [0.2, 0.25) is 5.58 Å². The van der Waals surface area contributed by atoms with Gasteiger partial charge in [-0.1, -0.05) is 12.1 Å². The Morgan fingerprint density at radius 3 is 2.83 bits per heavy atom. The van der Waals surface area contributed by atoms with Gasteiger partial charge in [-0.25, -0.2) is 0 Å². The molecule has 0 amide bonds. The molecule has 2 aromatic rings. The summed E-state index contributed by atoms with van der Waals surface area (Å²) in [4.78, 5) is 21.3. The van der Waals surface area contributed by atoms with Gasteiger partial charge in [0, 0.05) is 11.5 Å². The smallest absolute Gasteiger partial charge is 0.324 e. The predicted octanol–water partition coefficient (Wildman–Crippen LogP) is 2.83. The van der Waals surface area contributed by atoms with Crippen LogP contribution in [0.5, 0.6) is 0 Å². The van der Waals surface area contributed by atoms with Gasteiger partial charge in [0.05, 0.1) is 4.92 Å². The molecule has 1 atom stereocenters. The molecule has 2 rings (SSSR count). The van der Waals surface area contributed by atoms with E-state index in [-0.39, 0.29) is 17.0 Å².